The molecule has 2 aromatic heterocycles. The summed E-state index contributed by atoms with van der Waals surface area (Å²) in [4.78, 5) is 0.638. The highest BCUT2D eigenvalue weighted by atomic mass is 32.2. The Balaban J connectivity index is 1.56. The number of rotatable bonds is 6. The largest absolute Gasteiger partial charge is 0.587 e. The van der Waals surface area contributed by atoms with Crippen molar-refractivity contribution in [2.75, 3.05) is 7.05 Å². The number of halogens is 1. The molecule has 0 aliphatic rings. The molecule has 0 saturated heterocycles. The zero-order valence-corrected chi connectivity index (χ0v) is 18.2. The fraction of sp³-hybridized carbons (Fsp3) is 0.0769. The van der Waals surface area contributed by atoms with Crippen molar-refractivity contribution in [2.24, 2.45) is 0 Å². The lowest BCUT2D eigenvalue weighted by atomic mass is 10.0. The Labute approximate surface area is 188 Å². The van der Waals surface area contributed by atoms with Crippen molar-refractivity contribution in [1.29, 1.82) is 0 Å². The monoisotopic (exact) mass is 444 g/mol. The Kier molecular flexibility index (Phi) is 5.57. The Hall–Kier alpha value is -3.32. The molecule has 1 unspecified atom stereocenters. The van der Waals surface area contributed by atoms with Gasteiger partial charge in [0.15, 0.2) is 4.90 Å². The summed E-state index contributed by atoms with van der Waals surface area (Å²) in [6.07, 6.45) is 3.48. The number of furan rings is 1. The second-order valence-corrected chi connectivity index (χ2v) is 8.88. The predicted octanol–water partition coefficient (Wildman–Crippen LogP) is 6.00. The van der Waals surface area contributed by atoms with E-state index in [0.29, 0.717) is 22.7 Å². The molecule has 1 atom stereocenters. The molecular weight excluding hydrogens is 423 g/mol. The molecule has 5 rings (SSSR count). The fourth-order valence-corrected chi connectivity index (χ4v) is 5.05. The van der Waals surface area contributed by atoms with E-state index in [-0.39, 0.29) is 5.82 Å². The minimum atomic E-state index is -1.55. The van der Waals surface area contributed by atoms with Crippen LogP contribution in [0.15, 0.2) is 101 Å². The van der Waals surface area contributed by atoms with Crippen molar-refractivity contribution < 1.29 is 13.4 Å². The fourth-order valence-electron chi connectivity index (χ4n) is 3.84. The topological polar surface area (TPSA) is 53.2 Å². The van der Waals surface area contributed by atoms with Gasteiger partial charge in [-0.15, -0.1) is 0 Å². The van der Waals surface area contributed by atoms with E-state index in [1.165, 1.54) is 6.07 Å². The van der Waals surface area contributed by atoms with Gasteiger partial charge in [0.05, 0.1) is 12.5 Å². The summed E-state index contributed by atoms with van der Waals surface area (Å²) in [7, 11) is 1.84. The van der Waals surface area contributed by atoms with E-state index >= 15 is 0 Å². The van der Waals surface area contributed by atoms with Gasteiger partial charge in [0.1, 0.15) is 28.5 Å². The van der Waals surface area contributed by atoms with Gasteiger partial charge in [0.2, 0.25) is 0 Å². The van der Waals surface area contributed by atoms with Crippen molar-refractivity contribution in [2.45, 2.75) is 11.4 Å². The van der Waals surface area contributed by atoms with E-state index in [4.69, 9.17) is 4.42 Å². The SMILES string of the molecule is CNCc1cc(-c2ccccc2F)n([S+]([O-])c2cccc(-c3ccc4occc4c3)c2)c1. The van der Waals surface area contributed by atoms with Crippen LogP contribution >= 0.6 is 0 Å². The van der Waals surface area contributed by atoms with Crippen LogP contribution in [-0.4, -0.2) is 15.6 Å². The van der Waals surface area contributed by atoms with Crippen molar-refractivity contribution in [3.63, 3.8) is 0 Å². The molecule has 0 fully saturated rings. The van der Waals surface area contributed by atoms with Crippen LogP contribution in [0.25, 0.3) is 33.4 Å². The van der Waals surface area contributed by atoms with E-state index in [1.807, 2.05) is 67.8 Å². The molecule has 6 heteroatoms. The first-order valence-electron chi connectivity index (χ1n) is 10.2. The number of benzene rings is 3. The van der Waals surface area contributed by atoms with Crippen molar-refractivity contribution in [1.82, 2.24) is 9.29 Å². The van der Waals surface area contributed by atoms with Crippen LogP contribution < -0.4 is 5.32 Å². The van der Waals surface area contributed by atoms with Crippen LogP contribution in [0.4, 0.5) is 4.39 Å². The molecule has 5 aromatic rings. The first kappa shape index (κ1) is 20.6. The summed E-state index contributed by atoms with van der Waals surface area (Å²) >= 11 is -1.55. The summed E-state index contributed by atoms with van der Waals surface area (Å²) in [5.41, 5.74) is 4.72. The van der Waals surface area contributed by atoms with Crippen molar-refractivity contribution >= 4 is 22.3 Å². The third-order valence-corrected chi connectivity index (χ3v) is 6.69. The minimum Gasteiger partial charge on any atom is -0.587 e. The summed E-state index contributed by atoms with van der Waals surface area (Å²) in [6, 6.07) is 23.9. The van der Waals surface area contributed by atoms with Crippen molar-refractivity contribution in [3.05, 3.63) is 103 Å². The summed E-state index contributed by atoms with van der Waals surface area (Å²) in [5.74, 6) is -0.345. The standard InChI is InChI=1S/C26H21FN2O2S/c1-28-16-18-13-25(23-7-2-3-8-24(23)27)29(17-18)32(30)22-6-4-5-19(15-22)20-9-10-26-21(14-20)11-12-31-26/h2-15,17,28H,16H2,1H3. The lowest BCUT2D eigenvalue weighted by Crippen LogP contribution is -2.14. The maximum atomic E-state index is 14.6. The van der Waals surface area contributed by atoms with Gasteiger partial charge in [0.25, 0.3) is 0 Å². The van der Waals surface area contributed by atoms with Gasteiger partial charge in [-0.3, -0.25) is 0 Å². The molecule has 0 aliphatic carbocycles. The van der Waals surface area contributed by atoms with E-state index in [9.17, 15) is 8.94 Å². The third-order valence-electron chi connectivity index (χ3n) is 5.37. The zero-order chi connectivity index (χ0) is 22.1. The molecule has 0 spiro atoms. The molecule has 1 N–H and O–H groups in total. The highest BCUT2D eigenvalue weighted by molar-refractivity contribution is 7.90. The summed E-state index contributed by atoms with van der Waals surface area (Å²) < 4.78 is 35.3. The molecule has 3 aromatic carbocycles. The van der Waals surface area contributed by atoms with Gasteiger partial charge < -0.3 is 14.3 Å². The molecule has 2 heterocycles. The van der Waals surface area contributed by atoms with Gasteiger partial charge >= 0.3 is 0 Å². The average molecular weight is 445 g/mol. The molecule has 0 amide bonds. The third kappa shape index (κ3) is 3.84. The second-order valence-electron chi connectivity index (χ2n) is 7.52. The second kappa shape index (κ2) is 8.67. The average Bonchev–Trinajstić information content (AvgIpc) is 3.46. The maximum absolute atomic E-state index is 14.6. The van der Waals surface area contributed by atoms with Crippen LogP contribution in [0, 0.1) is 5.82 Å². The highest BCUT2D eigenvalue weighted by Gasteiger charge is 2.22. The first-order valence-corrected chi connectivity index (χ1v) is 11.4. The van der Waals surface area contributed by atoms with Crippen LogP contribution in [0.1, 0.15) is 5.56 Å². The smallest absolute Gasteiger partial charge is 0.181 e. The van der Waals surface area contributed by atoms with Crippen LogP contribution in [0.5, 0.6) is 0 Å². The summed E-state index contributed by atoms with van der Waals surface area (Å²) in [6.45, 7) is 0.594. The maximum Gasteiger partial charge on any atom is 0.181 e. The van der Waals surface area contributed by atoms with Crippen molar-refractivity contribution in [3.8, 4) is 22.4 Å². The molecule has 0 radical (unpaired) electrons. The number of nitrogens with zero attached hydrogens (tertiary/aromatic N) is 1. The minimum absolute atomic E-state index is 0.345. The number of aromatic nitrogens is 1. The molecule has 0 saturated carbocycles. The van der Waals surface area contributed by atoms with Gasteiger partial charge in [-0.05, 0) is 66.2 Å². The quantitative estimate of drug-likeness (QED) is 0.327. The molecule has 4 nitrogen and oxygen atoms in total. The van der Waals surface area contributed by atoms with Gasteiger partial charge in [0, 0.05) is 23.6 Å². The number of fused-ring (bicyclic) bond motifs is 1. The predicted molar refractivity (Wildman–Crippen MR) is 126 cm³/mol. The van der Waals surface area contributed by atoms with E-state index < -0.39 is 11.4 Å². The lowest BCUT2D eigenvalue weighted by Gasteiger charge is -2.15. The van der Waals surface area contributed by atoms with E-state index in [2.05, 4.69) is 5.32 Å². The van der Waals surface area contributed by atoms with E-state index in [0.717, 1.165) is 27.7 Å². The normalized spacial score (nSPS) is 12.3. The van der Waals surface area contributed by atoms with Gasteiger partial charge in [-0.25, -0.2) is 4.39 Å². The molecule has 0 bridgehead atoms. The van der Waals surface area contributed by atoms with Crippen LogP contribution in [0.2, 0.25) is 0 Å². The molecule has 32 heavy (non-hydrogen) atoms. The van der Waals surface area contributed by atoms with Gasteiger partial charge in [-0.1, -0.05) is 30.3 Å². The molecule has 160 valence electrons. The lowest BCUT2D eigenvalue weighted by molar-refractivity contribution is 0.586. The highest BCUT2D eigenvalue weighted by Crippen LogP contribution is 2.31. The zero-order valence-electron chi connectivity index (χ0n) is 17.4. The van der Waals surface area contributed by atoms with Gasteiger partial charge in [-0.2, -0.15) is 3.97 Å². The van der Waals surface area contributed by atoms with Crippen LogP contribution in [0.3, 0.4) is 0 Å². The molecular formula is C26H21FN2O2S. The Morgan fingerprint density at radius 3 is 2.66 bits per heavy atom. The first-order chi connectivity index (χ1) is 15.6. The molecule has 0 aliphatic heterocycles. The van der Waals surface area contributed by atoms with E-state index in [1.54, 1.807) is 28.4 Å². The Bertz CT molecular complexity index is 1390. The Morgan fingerprint density at radius 2 is 1.81 bits per heavy atom. The number of nitrogens with one attached hydrogen (secondary N) is 1. The number of hydrogen-bond donors (Lipinski definition) is 1. The van der Waals surface area contributed by atoms with Crippen LogP contribution in [-0.2, 0) is 17.9 Å². The number of hydrogen-bond acceptors (Lipinski definition) is 3. The Morgan fingerprint density at radius 1 is 0.969 bits per heavy atom. The summed E-state index contributed by atoms with van der Waals surface area (Å²) in [5, 5.41) is 4.11.